The van der Waals surface area contributed by atoms with E-state index in [0.29, 0.717) is 12.5 Å². The smallest absolute Gasteiger partial charge is 0.223 e. The van der Waals surface area contributed by atoms with E-state index in [1.807, 2.05) is 4.90 Å². The molecule has 2 heterocycles. The molecule has 0 spiro atoms. The van der Waals surface area contributed by atoms with E-state index >= 15 is 0 Å². The van der Waals surface area contributed by atoms with E-state index in [0.717, 1.165) is 30.5 Å². The normalized spacial score (nSPS) is 20.6. The van der Waals surface area contributed by atoms with Gasteiger partial charge in [0.15, 0.2) is 0 Å². The molecule has 5 heteroatoms. The lowest BCUT2D eigenvalue weighted by Gasteiger charge is -2.31. The highest BCUT2D eigenvalue weighted by Crippen LogP contribution is 2.21. The van der Waals surface area contributed by atoms with Gasteiger partial charge in [-0.25, -0.2) is 0 Å². The average Bonchev–Trinajstić information content (AvgIpc) is 2.72. The second-order valence-corrected chi connectivity index (χ2v) is 6.34. The van der Waals surface area contributed by atoms with Crippen molar-refractivity contribution < 1.29 is 4.79 Å². The highest BCUT2D eigenvalue weighted by Gasteiger charge is 2.19. The molecule has 1 aliphatic heterocycles. The van der Waals surface area contributed by atoms with E-state index in [9.17, 15) is 4.79 Å². The lowest BCUT2D eigenvalue weighted by molar-refractivity contribution is -0.132. The molecule has 0 radical (unpaired) electrons. The quantitative estimate of drug-likeness (QED) is 0.927. The lowest BCUT2D eigenvalue weighted by Crippen LogP contribution is -2.51. The van der Waals surface area contributed by atoms with E-state index in [1.54, 1.807) is 11.3 Å². The van der Waals surface area contributed by atoms with Crippen LogP contribution in [0.2, 0.25) is 0 Å². The second kappa shape index (κ2) is 5.98. The number of amides is 1. The third-order valence-corrected chi connectivity index (χ3v) is 4.69. The van der Waals surface area contributed by atoms with Crippen LogP contribution in [0.4, 0.5) is 0 Å². The van der Waals surface area contributed by atoms with Crippen molar-refractivity contribution in [3.05, 3.63) is 20.8 Å². The molecule has 0 bridgehead atoms. The van der Waals surface area contributed by atoms with Gasteiger partial charge in [-0.15, -0.1) is 11.3 Å². The Labute approximate surface area is 114 Å². The summed E-state index contributed by atoms with van der Waals surface area (Å²) < 4.78 is 1.11. The Morgan fingerprint density at radius 2 is 2.53 bits per heavy atom. The standard InChI is InChI=1S/C12H17BrN2OS/c1-9-7-15(5-4-14-9)12(16)3-2-11-6-10(13)8-17-11/h6,8-9,14H,2-5,7H2,1H3/t9-/m1/s1. The fourth-order valence-electron chi connectivity index (χ4n) is 2.03. The van der Waals surface area contributed by atoms with Gasteiger partial charge in [0.1, 0.15) is 0 Å². The van der Waals surface area contributed by atoms with Gasteiger partial charge < -0.3 is 10.2 Å². The summed E-state index contributed by atoms with van der Waals surface area (Å²) in [6, 6.07) is 2.52. The van der Waals surface area contributed by atoms with Crippen molar-refractivity contribution in [2.45, 2.75) is 25.8 Å². The minimum atomic E-state index is 0.280. The summed E-state index contributed by atoms with van der Waals surface area (Å²) in [5, 5.41) is 5.41. The monoisotopic (exact) mass is 316 g/mol. The summed E-state index contributed by atoms with van der Waals surface area (Å²) in [7, 11) is 0. The van der Waals surface area contributed by atoms with Gasteiger partial charge in [0.05, 0.1) is 0 Å². The van der Waals surface area contributed by atoms with Gasteiger partial charge in [0.25, 0.3) is 0 Å². The summed E-state index contributed by atoms with van der Waals surface area (Å²) in [5.41, 5.74) is 0. The number of aryl methyl sites for hydroxylation is 1. The number of hydrogen-bond acceptors (Lipinski definition) is 3. The van der Waals surface area contributed by atoms with E-state index < -0.39 is 0 Å². The molecular formula is C12H17BrN2OS. The summed E-state index contributed by atoms with van der Waals surface area (Å²) in [4.78, 5) is 15.3. The maximum atomic E-state index is 12.0. The molecule has 1 aromatic rings. The van der Waals surface area contributed by atoms with Crippen LogP contribution < -0.4 is 5.32 Å². The first-order chi connectivity index (χ1) is 8.15. The second-order valence-electron chi connectivity index (χ2n) is 4.43. The molecule has 1 aliphatic rings. The molecule has 0 unspecified atom stereocenters. The molecule has 0 aliphatic carbocycles. The minimum absolute atomic E-state index is 0.280. The molecular weight excluding hydrogens is 300 g/mol. The van der Waals surface area contributed by atoms with Crippen LogP contribution in [0.1, 0.15) is 18.2 Å². The van der Waals surface area contributed by atoms with Crippen LogP contribution in [0.5, 0.6) is 0 Å². The molecule has 1 fully saturated rings. The van der Waals surface area contributed by atoms with Crippen LogP contribution in [0.15, 0.2) is 15.9 Å². The van der Waals surface area contributed by atoms with Crippen molar-refractivity contribution in [1.29, 1.82) is 0 Å². The Morgan fingerprint density at radius 3 is 3.18 bits per heavy atom. The topological polar surface area (TPSA) is 32.3 Å². The molecule has 1 amide bonds. The zero-order chi connectivity index (χ0) is 12.3. The lowest BCUT2D eigenvalue weighted by atomic mass is 10.2. The fourth-order valence-corrected chi connectivity index (χ4v) is 3.49. The van der Waals surface area contributed by atoms with E-state index in [4.69, 9.17) is 0 Å². The Morgan fingerprint density at radius 1 is 1.71 bits per heavy atom. The van der Waals surface area contributed by atoms with Gasteiger partial charge in [-0.05, 0) is 35.3 Å². The summed E-state index contributed by atoms with van der Waals surface area (Å²) in [6.45, 7) is 4.72. The van der Waals surface area contributed by atoms with Gasteiger partial charge in [0.2, 0.25) is 5.91 Å². The van der Waals surface area contributed by atoms with E-state index in [1.165, 1.54) is 4.88 Å². The largest absolute Gasteiger partial charge is 0.340 e. The van der Waals surface area contributed by atoms with Crippen LogP contribution in [0, 0.1) is 0 Å². The number of carbonyl (C=O) groups is 1. The van der Waals surface area contributed by atoms with Gasteiger partial charge in [0, 0.05) is 46.8 Å². The zero-order valence-electron chi connectivity index (χ0n) is 9.91. The summed E-state index contributed by atoms with van der Waals surface area (Å²) in [5.74, 6) is 0.280. The van der Waals surface area contributed by atoms with Crippen LogP contribution >= 0.6 is 27.3 Å². The van der Waals surface area contributed by atoms with Gasteiger partial charge in [-0.1, -0.05) is 0 Å². The zero-order valence-corrected chi connectivity index (χ0v) is 12.3. The molecule has 1 atom stereocenters. The molecule has 0 saturated carbocycles. The predicted molar refractivity (Wildman–Crippen MR) is 74.4 cm³/mol. The Balaban J connectivity index is 1.80. The molecule has 17 heavy (non-hydrogen) atoms. The Bertz CT molecular complexity index is 394. The van der Waals surface area contributed by atoms with Crippen molar-refractivity contribution in [2.75, 3.05) is 19.6 Å². The van der Waals surface area contributed by atoms with Crippen molar-refractivity contribution in [2.24, 2.45) is 0 Å². The highest BCUT2D eigenvalue weighted by atomic mass is 79.9. The molecule has 1 aromatic heterocycles. The van der Waals surface area contributed by atoms with E-state index in [-0.39, 0.29) is 5.91 Å². The average molecular weight is 317 g/mol. The predicted octanol–water partition coefficient (Wildman–Crippen LogP) is 2.26. The molecule has 1 saturated heterocycles. The molecule has 94 valence electrons. The Kier molecular flexibility index (Phi) is 4.59. The number of halogens is 1. The van der Waals surface area contributed by atoms with Gasteiger partial charge in [-0.3, -0.25) is 4.79 Å². The van der Waals surface area contributed by atoms with Crippen LogP contribution in [-0.2, 0) is 11.2 Å². The number of rotatable bonds is 3. The Hall–Kier alpha value is -0.390. The number of hydrogen-bond donors (Lipinski definition) is 1. The molecule has 2 rings (SSSR count). The van der Waals surface area contributed by atoms with Gasteiger partial charge >= 0.3 is 0 Å². The minimum Gasteiger partial charge on any atom is -0.340 e. The van der Waals surface area contributed by atoms with Crippen molar-refractivity contribution in [3.8, 4) is 0 Å². The first kappa shape index (κ1) is 13.1. The summed E-state index contributed by atoms with van der Waals surface area (Å²) in [6.07, 6.45) is 1.48. The molecule has 3 nitrogen and oxygen atoms in total. The maximum Gasteiger partial charge on any atom is 0.223 e. The van der Waals surface area contributed by atoms with Gasteiger partial charge in [-0.2, -0.15) is 0 Å². The first-order valence-electron chi connectivity index (χ1n) is 5.89. The van der Waals surface area contributed by atoms with Crippen molar-refractivity contribution >= 4 is 33.2 Å². The third-order valence-electron chi connectivity index (χ3n) is 2.93. The SMILES string of the molecule is C[C@@H]1CN(C(=O)CCc2cc(Br)cs2)CCN1. The molecule has 1 N–H and O–H groups in total. The number of nitrogens with one attached hydrogen (secondary N) is 1. The summed E-state index contributed by atoms with van der Waals surface area (Å²) >= 11 is 5.14. The van der Waals surface area contributed by atoms with E-state index in [2.05, 4.69) is 39.6 Å². The fraction of sp³-hybridized carbons (Fsp3) is 0.583. The number of thiophene rings is 1. The number of nitrogens with zero attached hydrogens (tertiary/aromatic N) is 1. The van der Waals surface area contributed by atoms with Crippen LogP contribution in [0.3, 0.4) is 0 Å². The highest BCUT2D eigenvalue weighted by molar-refractivity contribution is 9.10. The maximum absolute atomic E-state index is 12.0. The van der Waals surface area contributed by atoms with Crippen molar-refractivity contribution in [1.82, 2.24) is 10.2 Å². The number of carbonyl (C=O) groups excluding carboxylic acids is 1. The van der Waals surface area contributed by atoms with Crippen LogP contribution in [0.25, 0.3) is 0 Å². The first-order valence-corrected chi connectivity index (χ1v) is 7.56. The van der Waals surface area contributed by atoms with Crippen LogP contribution in [-0.4, -0.2) is 36.5 Å². The molecule has 0 aromatic carbocycles. The third kappa shape index (κ3) is 3.79. The van der Waals surface area contributed by atoms with Crippen molar-refractivity contribution in [3.63, 3.8) is 0 Å². The number of piperazine rings is 1.